The van der Waals surface area contributed by atoms with Crippen LogP contribution in [0, 0.1) is 5.92 Å². The van der Waals surface area contributed by atoms with Gasteiger partial charge in [0, 0.05) is 42.0 Å². The van der Waals surface area contributed by atoms with Gasteiger partial charge in [-0.15, -0.1) is 0 Å². The average molecular weight is 458 g/mol. The molecule has 0 bridgehead atoms. The van der Waals surface area contributed by atoms with Gasteiger partial charge in [0.2, 0.25) is 0 Å². The molecule has 4 rings (SSSR count). The lowest BCUT2D eigenvalue weighted by atomic mass is 9.70. The Labute approximate surface area is 193 Å². The zero-order valence-electron chi connectivity index (χ0n) is 19.6. The van der Waals surface area contributed by atoms with Crippen molar-refractivity contribution in [1.82, 2.24) is 5.32 Å². The first kappa shape index (κ1) is 23.2. The number of methoxy groups -OCH3 is 3. The first-order valence-electron chi connectivity index (χ1n) is 11.3. The molecule has 0 saturated carbocycles. The van der Waals surface area contributed by atoms with Crippen molar-refractivity contribution in [3.8, 4) is 17.2 Å². The Hall–Kier alpha value is -3.00. The Morgan fingerprint density at radius 2 is 1.82 bits per heavy atom. The highest BCUT2D eigenvalue weighted by Crippen LogP contribution is 2.49. The Balaban J connectivity index is 1.80. The van der Waals surface area contributed by atoms with E-state index in [0.29, 0.717) is 53.5 Å². The summed E-state index contributed by atoms with van der Waals surface area (Å²) >= 11 is 0. The number of Topliss-reactive ketones (excluding diaryl/α,β-unsaturated/α-hetero) is 1. The van der Waals surface area contributed by atoms with Crippen LogP contribution in [0.3, 0.4) is 0 Å². The summed E-state index contributed by atoms with van der Waals surface area (Å²) in [7, 11) is 4.65. The Kier molecular flexibility index (Phi) is 6.93. The molecule has 3 aliphatic rings. The number of hydrogen-bond acceptors (Lipinski definition) is 8. The van der Waals surface area contributed by atoms with Crippen LogP contribution in [-0.2, 0) is 19.1 Å². The third-order valence-electron chi connectivity index (χ3n) is 6.53. The standard InChI is InChI=1S/C25H31NO7/c1-14-22(25(28)33-13-15-7-6-10-32-15)23(24-17(26-14)8-5-9-18(24)27)16-11-20(30-3)21(31-4)12-19(16)29-2/h8,11-12,15,23-24,26H,5-7,9-10,13H2,1-4H3. The molecule has 1 saturated heterocycles. The quantitative estimate of drug-likeness (QED) is 0.624. The SMILES string of the molecule is COc1cc(OC)c(C2C(C(=O)OCC3CCCO3)=C(C)NC3=CCCC(=O)C32)cc1OC. The van der Waals surface area contributed by atoms with Crippen molar-refractivity contribution in [2.45, 2.75) is 44.6 Å². The Morgan fingerprint density at radius 1 is 1.09 bits per heavy atom. The van der Waals surface area contributed by atoms with E-state index in [0.717, 1.165) is 18.5 Å². The summed E-state index contributed by atoms with van der Waals surface area (Å²) in [5.74, 6) is -0.0221. The average Bonchev–Trinajstić information content (AvgIpc) is 3.34. The van der Waals surface area contributed by atoms with E-state index in [1.54, 1.807) is 33.5 Å². The fourth-order valence-electron chi connectivity index (χ4n) is 4.94. The van der Waals surface area contributed by atoms with E-state index >= 15 is 0 Å². The predicted octanol–water partition coefficient (Wildman–Crippen LogP) is 3.26. The molecule has 0 aromatic heterocycles. The molecule has 0 amide bonds. The molecular formula is C25H31NO7. The van der Waals surface area contributed by atoms with Crippen LogP contribution >= 0.6 is 0 Å². The Morgan fingerprint density at radius 3 is 2.48 bits per heavy atom. The first-order chi connectivity index (χ1) is 16.0. The summed E-state index contributed by atoms with van der Waals surface area (Å²) in [6, 6.07) is 3.51. The van der Waals surface area contributed by atoms with Crippen molar-refractivity contribution in [2.24, 2.45) is 5.92 Å². The van der Waals surface area contributed by atoms with Crippen molar-refractivity contribution in [3.63, 3.8) is 0 Å². The van der Waals surface area contributed by atoms with Gasteiger partial charge in [0.05, 0.1) is 38.9 Å². The van der Waals surface area contributed by atoms with E-state index in [1.165, 1.54) is 0 Å². The molecule has 2 aliphatic heterocycles. The van der Waals surface area contributed by atoms with E-state index in [-0.39, 0.29) is 18.5 Å². The molecule has 33 heavy (non-hydrogen) atoms. The zero-order chi connectivity index (χ0) is 23.5. The molecule has 3 atom stereocenters. The summed E-state index contributed by atoms with van der Waals surface area (Å²) in [6.45, 7) is 2.70. The Bertz CT molecular complexity index is 991. The molecule has 2 heterocycles. The fourth-order valence-corrected chi connectivity index (χ4v) is 4.94. The van der Waals surface area contributed by atoms with Gasteiger partial charge >= 0.3 is 5.97 Å². The molecule has 8 heteroatoms. The third kappa shape index (κ3) is 4.44. The number of esters is 1. The van der Waals surface area contributed by atoms with Crippen molar-refractivity contribution in [1.29, 1.82) is 0 Å². The number of hydrogen-bond donors (Lipinski definition) is 1. The number of ketones is 1. The second kappa shape index (κ2) is 9.87. The maximum absolute atomic E-state index is 13.4. The lowest BCUT2D eigenvalue weighted by Crippen LogP contribution is -2.41. The van der Waals surface area contributed by atoms with Gasteiger partial charge in [-0.2, -0.15) is 0 Å². The molecule has 1 fully saturated rings. The van der Waals surface area contributed by atoms with Gasteiger partial charge in [-0.05, 0) is 32.3 Å². The number of benzene rings is 1. The topological polar surface area (TPSA) is 92.3 Å². The summed E-state index contributed by atoms with van der Waals surface area (Å²) in [4.78, 5) is 26.6. The molecule has 1 aliphatic carbocycles. The third-order valence-corrected chi connectivity index (χ3v) is 6.53. The lowest BCUT2D eigenvalue weighted by Gasteiger charge is -2.38. The number of nitrogens with one attached hydrogen (secondary N) is 1. The zero-order valence-corrected chi connectivity index (χ0v) is 19.6. The summed E-state index contributed by atoms with van der Waals surface area (Å²) < 4.78 is 27.9. The van der Waals surface area contributed by atoms with Crippen LogP contribution in [0.4, 0.5) is 0 Å². The number of carbonyl (C=O) groups excluding carboxylic acids is 2. The molecule has 8 nitrogen and oxygen atoms in total. The van der Waals surface area contributed by atoms with Gasteiger partial charge < -0.3 is 29.0 Å². The van der Waals surface area contributed by atoms with Crippen LogP contribution < -0.4 is 19.5 Å². The summed E-state index contributed by atoms with van der Waals surface area (Å²) in [5, 5.41) is 3.29. The van der Waals surface area contributed by atoms with Crippen LogP contribution in [0.5, 0.6) is 17.2 Å². The molecule has 178 valence electrons. The minimum absolute atomic E-state index is 0.0683. The number of rotatable bonds is 7. The maximum atomic E-state index is 13.4. The highest BCUT2D eigenvalue weighted by molar-refractivity contribution is 5.96. The van der Waals surface area contributed by atoms with Crippen molar-refractivity contribution in [3.05, 3.63) is 40.7 Å². The highest BCUT2D eigenvalue weighted by atomic mass is 16.6. The molecule has 1 aromatic carbocycles. The summed E-state index contributed by atoms with van der Waals surface area (Å²) in [6.07, 6.45) is 4.85. The van der Waals surface area contributed by atoms with Crippen LogP contribution in [-0.4, -0.2) is 52.4 Å². The molecule has 3 unspecified atom stereocenters. The number of carbonyl (C=O) groups is 2. The van der Waals surface area contributed by atoms with Crippen molar-refractivity contribution in [2.75, 3.05) is 34.5 Å². The van der Waals surface area contributed by atoms with Crippen LogP contribution in [0.2, 0.25) is 0 Å². The van der Waals surface area contributed by atoms with Crippen molar-refractivity contribution >= 4 is 11.8 Å². The highest BCUT2D eigenvalue weighted by Gasteiger charge is 2.45. The molecule has 0 radical (unpaired) electrons. The van der Waals surface area contributed by atoms with Gasteiger partial charge in [-0.1, -0.05) is 6.08 Å². The lowest BCUT2D eigenvalue weighted by molar-refractivity contribution is -0.143. The van der Waals surface area contributed by atoms with E-state index in [4.69, 9.17) is 23.7 Å². The van der Waals surface area contributed by atoms with Gasteiger partial charge in [-0.25, -0.2) is 4.79 Å². The van der Waals surface area contributed by atoms with E-state index in [9.17, 15) is 9.59 Å². The van der Waals surface area contributed by atoms with Crippen LogP contribution in [0.25, 0.3) is 0 Å². The van der Waals surface area contributed by atoms with E-state index in [2.05, 4.69) is 5.32 Å². The molecular weight excluding hydrogens is 426 g/mol. The number of ether oxygens (including phenoxy) is 5. The molecule has 0 spiro atoms. The monoisotopic (exact) mass is 457 g/mol. The van der Waals surface area contributed by atoms with Gasteiger partial charge in [0.15, 0.2) is 11.5 Å². The van der Waals surface area contributed by atoms with Crippen LogP contribution in [0.1, 0.15) is 44.1 Å². The number of fused-ring (bicyclic) bond motifs is 1. The normalized spacial score (nSPS) is 24.5. The first-order valence-corrected chi connectivity index (χ1v) is 11.3. The van der Waals surface area contributed by atoms with Gasteiger partial charge in [0.1, 0.15) is 18.1 Å². The van der Waals surface area contributed by atoms with Gasteiger partial charge in [-0.3, -0.25) is 4.79 Å². The number of allylic oxidation sites excluding steroid dienone is 3. The summed E-state index contributed by atoms with van der Waals surface area (Å²) in [5.41, 5.74) is 2.55. The smallest absolute Gasteiger partial charge is 0.336 e. The predicted molar refractivity (Wildman–Crippen MR) is 120 cm³/mol. The molecule has 1 aromatic rings. The van der Waals surface area contributed by atoms with Crippen LogP contribution in [0.15, 0.2) is 35.2 Å². The van der Waals surface area contributed by atoms with E-state index in [1.807, 2.05) is 13.0 Å². The largest absolute Gasteiger partial charge is 0.496 e. The second-order valence-electron chi connectivity index (χ2n) is 8.47. The second-order valence-corrected chi connectivity index (χ2v) is 8.47. The minimum atomic E-state index is -0.586. The van der Waals surface area contributed by atoms with E-state index < -0.39 is 17.8 Å². The fraction of sp³-hybridized carbons (Fsp3) is 0.520. The maximum Gasteiger partial charge on any atom is 0.336 e. The minimum Gasteiger partial charge on any atom is -0.496 e. The van der Waals surface area contributed by atoms with Crippen molar-refractivity contribution < 1.29 is 33.3 Å². The van der Waals surface area contributed by atoms with Gasteiger partial charge in [0.25, 0.3) is 0 Å². The molecule has 1 N–H and O–H groups in total.